The minimum atomic E-state index is -0.431. The topological polar surface area (TPSA) is 65.2 Å². The number of benzene rings is 1. The van der Waals surface area contributed by atoms with Crippen LogP contribution in [0.1, 0.15) is 17.4 Å². The molecule has 2 N–H and O–H groups in total. The number of thiazole rings is 1. The van der Waals surface area contributed by atoms with Gasteiger partial charge in [-0.25, -0.2) is 9.78 Å². The maximum Gasteiger partial charge on any atom is 0.358 e. The average Bonchev–Trinajstić information content (AvgIpc) is 2.73. The zero-order valence-corrected chi connectivity index (χ0v) is 10.2. The highest BCUT2D eigenvalue weighted by Crippen LogP contribution is 2.31. The first-order valence-corrected chi connectivity index (χ1v) is 6.03. The summed E-state index contributed by atoms with van der Waals surface area (Å²) < 4.78 is 4.95. The Balaban J connectivity index is 2.44. The molecular formula is C12H12N2O2S. The summed E-state index contributed by atoms with van der Waals surface area (Å²) in [4.78, 5) is 16.5. The summed E-state index contributed by atoms with van der Waals surface area (Å²) in [5.41, 5.74) is 6.86. The standard InChI is InChI=1S/C12H12N2O2S/c1-2-16-11(15)9-10(17-12(13)14-9)8-6-4-3-5-7-8/h3-7H,2H2,1H3,(H2,13,14). The fourth-order valence-corrected chi connectivity index (χ4v) is 2.29. The number of ether oxygens (including phenoxy) is 1. The molecule has 0 aliphatic carbocycles. The number of anilines is 1. The minimum absolute atomic E-state index is 0.292. The van der Waals surface area contributed by atoms with E-state index in [0.29, 0.717) is 17.4 Å². The lowest BCUT2D eigenvalue weighted by Gasteiger charge is -2.01. The normalized spacial score (nSPS) is 10.2. The van der Waals surface area contributed by atoms with E-state index in [0.717, 1.165) is 10.4 Å². The first-order chi connectivity index (χ1) is 8.22. The minimum Gasteiger partial charge on any atom is -0.461 e. The molecule has 1 heterocycles. The molecule has 17 heavy (non-hydrogen) atoms. The molecule has 1 aromatic carbocycles. The fourth-order valence-electron chi connectivity index (χ4n) is 1.46. The molecular weight excluding hydrogens is 236 g/mol. The van der Waals surface area contributed by atoms with E-state index in [-0.39, 0.29) is 0 Å². The molecule has 0 bridgehead atoms. The Kier molecular flexibility index (Phi) is 3.39. The predicted molar refractivity (Wildman–Crippen MR) is 67.9 cm³/mol. The Hall–Kier alpha value is -1.88. The molecule has 2 aromatic rings. The highest BCUT2D eigenvalue weighted by molar-refractivity contribution is 7.19. The van der Waals surface area contributed by atoms with E-state index in [4.69, 9.17) is 10.5 Å². The van der Waals surface area contributed by atoms with Crippen LogP contribution in [0.5, 0.6) is 0 Å². The molecule has 0 aliphatic heterocycles. The van der Waals surface area contributed by atoms with Crippen LogP contribution in [0.4, 0.5) is 5.13 Å². The zero-order valence-electron chi connectivity index (χ0n) is 9.34. The molecule has 0 amide bonds. The molecule has 0 atom stereocenters. The number of rotatable bonds is 3. The number of hydrogen-bond donors (Lipinski definition) is 1. The van der Waals surface area contributed by atoms with Gasteiger partial charge >= 0.3 is 5.97 Å². The van der Waals surface area contributed by atoms with Crippen molar-refractivity contribution in [2.24, 2.45) is 0 Å². The quantitative estimate of drug-likeness (QED) is 0.848. The maximum atomic E-state index is 11.7. The second kappa shape index (κ2) is 4.97. The number of hydrogen-bond acceptors (Lipinski definition) is 5. The number of carbonyl (C=O) groups excluding carboxylic acids is 1. The molecule has 1 aromatic heterocycles. The van der Waals surface area contributed by atoms with E-state index in [1.807, 2.05) is 30.3 Å². The van der Waals surface area contributed by atoms with Crippen LogP contribution in [0, 0.1) is 0 Å². The van der Waals surface area contributed by atoms with Gasteiger partial charge in [0, 0.05) is 0 Å². The van der Waals surface area contributed by atoms with Crippen molar-refractivity contribution >= 4 is 22.4 Å². The van der Waals surface area contributed by atoms with Crippen molar-refractivity contribution in [2.45, 2.75) is 6.92 Å². The van der Waals surface area contributed by atoms with Crippen LogP contribution >= 0.6 is 11.3 Å². The fraction of sp³-hybridized carbons (Fsp3) is 0.167. The Labute approximate surface area is 103 Å². The maximum absolute atomic E-state index is 11.7. The molecule has 5 heteroatoms. The molecule has 0 unspecified atom stereocenters. The lowest BCUT2D eigenvalue weighted by molar-refractivity contribution is 0.0521. The van der Waals surface area contributed by atoms with Gasteiger partial charge in [-0.15, -0.1) is 0 Å². The van der Waals surface area contributed by atoms with Crippen molar-refractivity contribution < 1.29 is 9.53 Å². The third-order valence-electron chi connectivity index (χ3n) is 2.15. The van der Waals surface area contributed by atoms with E-state index >= 15 is 0 Å². The largest absolute Gasteiger partial charge is 0.461 e. The van der Waals surface area contributed by atoms with Crippen LogP contribution in [0.2, 0.25) is 0 Å². The van der Waals surface area contributed by atoms with Crippen LogP contribution in [-0.2, 0) is 4.74 Å². The molecule has 0 aliphatic rings. The van der Waals surface area contributed by atoms with E-state index in [1.165, 1.54) is 11.3 Å². The average molecular weight is 248 g/mol. The molecule has 0 radical (unpaired) electrons. The Bertz CT molecular complexity index is 523. The van der Waals surface area contributed by atoms with Crippen LogP contribution in [-0.4, -0.2) is 17.6 Å². The molecule has 88 valence electrons. The highest BCUT2D eigenvalue weighted by Gasteiger charge is 2.19. The van der Waals surface area contributed by atoms with Crippen molar-refractivity contribution in [1.29, 1.82) is 0 Å². The number of esters is 1. The summed E-state index contributed by atoms with van der Waals surface area (Å²) in [5.74, 6) is -0.431. The third-order valence-corrected chi connectivity index (χ3v) is 3.08. The van der Waals surface area contributed by atoms with Gasteiger partial charge in [0.1, 0.15) is 0 Å². The van der Waals surface area contributed by atoms with Crippen molar-refractivity contribution in [2.75, 3.05) is 12.3 Å². The summed E-state index contributed by atoms with van der Waals surface area (Å²) in [6, 6.07) is 9.55. The second-order valence-electron chi connectivity index (χ2n) is 3.32. The smallest absolute Gasteiger partial charge is 0.358 e. The van der Waals surface area contributed by atoms with E-state index in [9.17, 15) is 4.79 Å². The molecule has 4 nitrogen and oxygen atoms in total. The summed E-state index contributed by atoms with van der Waals surface area (Å²) >= 11 is 1.29. The van der Waals surface area contributed by atoms with Crippen molar-refractivity contribution in [1.82, 2.24) is 4.98 Å². The van der Waals surface area contributed by atoms with Crippen molar-refractivity contribution in [3.05, 3.63) is 36.0 Å². The Morgan fingerprint density at radius 1 is 1.41 bits per heavy atom. The predicted octanol–water partition coefficient (Wildman–Crippen LogP) is 2.57. The van der Waals surface area contributed by atoms with Gasteiger partial charge in [0.2, 0.25) is 0 Å². The molecule has 0 fully saturated rings. The summed E-state index contributed by atoms with van der Waals surface area (Å²) in [6.07, 6.45) is 0. The van der Waals surface area contributed by atoms with Gasteiger partial charge in [-0.05, 0) is 12.5 Å². The first kappa shape index (κ1) is 11.6. The number of carbonyl (C=O) groups is 1. The van der Waals surface area contributed by atoms with E-state index in [1.54, 1.807) is 6.92 Å². The Morgan fingerprint density at radius 3 is 2.76 bits per heavy atom. The number of nitrogen functional groups attached to an aromatic ring is 1. The molecule has 0 saturated carbocycles. The van der Waals surface area contributed by atoms with Gasteiger partial charge in [-0.1, -0.05) is 41.7 Å². The van der Waals surface area contributed by atoms with Gasteiger partial charge in [0.25, 0.3) is 0 Å². The van der Waals surface area contributed by atoms with Crippen LogP contribution < -0.4 is 5.73 Å². The van der Waals surface area contributed by atoms with Crippen LogP contribution in [0.15, 0.2) is 30.3 Å². The number of nitrogens with zero attached hydrogens (tertiary/aromatic N) is 1. The van der Waals surface area contributed by atoms with E-state index in [2.05, 4.69) is 4.98 Å². The van der Waals surface area contributed by atoms with Crippen LogP contribution in [0.25, 0.3) is 10.4 Å². The zero-order chi connectivity index (χ0) is 12.3. The van der Waals surface area contributed by atoms with Gasteiger partial charge in [-0.3, -0.25) is 0 Å². The lowest BCUT2D eigenvalue weighted by Crippen LogP contribution is -2.06. The monoisotopic (exact) mass is 248 g/mol. The third kappa shape index (κ3) is 2.45. The van der Waals surface area contributed by atoms with Crippen molar-refractivity contribution in [3.8, 4) is 10.4 Å². The lowest BCUT2D eigenvalue weighted by atomic mass is 10.1. The molecule has 2 rings (SSSR count). The van der Waals surface area contributed by atoms with Crippen molar-refractivity contribution in [3.63, 3.8) is 0 Å². The summed E-state index contributed by atoms with van der Waals surface area (Å²) in [6.45, 7) is 2.08. The first-order valence-electron chi connectivity index (χ1n) is 5.21. The van der Waals surface area contributed by atoms with Gasteiger partial charge < -0.3 is 10.5 Å². The van der Waals surface area contributed by atoms with E-state index < -0.39 is 5.97 Å². The molecule has 0 saturated heterocycles. The second-order valence-corrected chi connectivity index (χ2v) is 4.35. The summed E-state index contributed by atoms with van der Waals surface area (Å²) in [7, 11) is 0. The van der Waals surface area contributed by atoms with Crippen LogP contribution in [0.3, 0.4) is 0 Å². The summed E-state index contributed by atoms with van der Waals surface area (Å²) in [5, 5.41) is 0.368. The van der Waals surface area contributed by atoms with Gasteiger partial charge in [0.05, 0.1) is 11.5 Å². The SMILES string of the molecule is CCOC(=O)c1nc(N)sc1-c1ccccc1. The molecule has 0 spiro atoms. The van der Waals surface area contributed by atoms with Gasteiger partial charge in [-0.2, -0.15) is 0 Å². The number of nitrogens with two attached hydrogens (primary N) is 1. The highest BCUT2D eigenvalue weighted by atomic mass is 32.1. The Morgan fingerprint density at radius 2 is 2.12 bits per heavy atom. The number of aromatic nitrogens is 1. The van der Waals surface area contributed by atoms with Gasteiger partial charge in [0.15, 0.2) is 10.8 Å².